The van der Waals surface area contributed by atoms with Crippen LogP contribution in [0.5, 0.6) is 0 Å². The number of nitrogens with one attached hydrogen (secondary N) is 1. The highest BCUT2D eigenvalue weighted by Gasteiger charge is 2.40. The highest BCUT2D eigenvalue weighted by Crippen LogP contribution is 2.35. The zero-order valence-electron chi connectivity index (χ0n) is 17.0. The monoisotopic (exact) mass is 389 g/mol. The average Bonchev–Trinajstić information content (AvgIpc) is 2.73. The van der Waals surface area contributed by atoms with Gasteiger partial charge in [0.2, 0.25) is 5.91 Å². The summed E-state index contributed by atoms with van der Waals surface area (Å²) in [5.41, 5.74) is 0. The van der Waals surface area contributed by atoms with Crippen LogP contribution < -0.4 is 5.32 Å². The van der Waals surface area contributed by atoms with Gasteiger partial charge in [-0.25, -0.2) is 4.79 Å². The fourth-order valence-corrected chi connectivity index (χ4v) is 6.15. The number of carbonyl (C=O) groups excluding carboxylic acids is 3. The van der Waals surface area contributed by atoms with Crippen LogP contribution in [0.2, 0.25) is 0 Å². The molecule has 0 radical (unpaired) electrons. The molecule has 156 valence electrons. The Labute approximate surface area is 168 Å². The van der Waals surface area contributed by atoms with Crippen molar-refractivity contribution in [3.63, 3.8) is 0 Å². The topological polar surface area (TPSA) is 69.7 Å². The number of hydrogen-bond acceptors (Lipinski definition) is 3. The van der Waals surface area contributed by atoms with Gasteiger partial charge < -0.3 is 15.1 Å². The third kappa shape index (κ3) is 4.06. The first kappa shape index (κ1) is 19.7. The summed E-state index contributed by atoms with van der Waals surface area (Å²) in [6.45, 7) is 1.80. The Hall–Kier alpha value is -1.59. The minimum absolute atomic E-state index is 0.00812. The van der Waals surface area contributed by atoms with E-state index in [0.717, 1.165) is 45.1 Å². The molecule has 2 heterocycles. The molecule has 28 heavy (non-hydrogen) atoms. The van der Waals surface area contributed by atoms with Crippen LogP contribution in [-0.2, 0) is 9.59 Å². The zero-order chi connectivity index (χ0) is 19.5. The van der Waals surface area contributed by atoms with Crippen LogP contribution in [0.1, 0.15) is 77.0 Å². The Morgan fingerprint density at radius 2 is 1.57 bits per heavy atom. The highest BCUT2D eigenvalue weighted by atomic mass is 16.2. The molecule has 2 aliphatic heterocycles. The van der Waals surface area contributed by atoms with Crippen molar-refractivity contribution in [3.8, 4) is 0 Å². The van der Waals surface area contributed by atoms with Crippen molar-refractivity contribution in [2.75, 3.05) is 19.6 Å². The molecular formula is C22H35N3O3. The smallest absolute Gasteiger partial charge is 0.317 e. The van der Waals surface area contributed by atoms with Crippen molar-refractivity contribution in [2.45, 2.75) is 89.1 Å². The number of likely N-dealkylation sites (tertiary alicyclic amines) is 2. The first-order valence-electron chi connectivity index (χ1n) is 11.5. The van der Waals surface area contributed by atoms with Gasteiger partial charge in [0.25, 0.3) is 0 Å². The van der Waals surface area contributed by atoms with Crippen molar-refractivity contribution in [1.82, 2.24) is 15.1 Å². The molecule has 0 spiro atoms. The molecule has 2 aliphatic carbocycles. The molecule has 2 saturated carbocycles. The molecule has 4 atom stereocenters. The Morgan fingerprint density at radius 1 is 0.857 bits per heavy atom. The lowest BCUT2D eigenvalue weighted by Crippen LogP contribution is -2.54. The van der Waals surface area contributed by atoms with Gasteiger partial charge in [-0.2, -0.15) is 0 Å². The van der Waals surface area contributed by atoms with Gasteiger partial charge in [-0.05, 0) is 44.4 Å². The van der Waals surface area contributed by atoms with Crippen LogP contribution >= 0.6 is 0 Å². The van der Waals surface area contributed by atoms with Gasteiger partial charge in [-0.15, -0.1) is 0 Å². The van der Waals surface area contributed by atoms with E-state index in [1.54, 1.807) is 0 Å². The second-order valence-corrected chi connectivity index (χ2v) is 9.19. The Kier molecular flexibility index (Phi) is 6.22. The van der Waals surface area contributed by atoms with Gasteiger partial charge in [-0.1, -0.05) is 25.7 Å². The van der Waals surface area contributed by atoms with E-state index in [0.29, 0.717) is 43.7 Å². The summed E-state index contributed by atoms with van der Waals surface area (Å²) in [5, 5.41) is 3.01. The van der Waals surface area contributed by atoms with Crippen LogP contribution in [-0.4, -0.2) is 59.2 Å². The third-order valence-corrected chi connectivity index (χ3v) is 7.58. The van der Waals surface area contributed by atoms with Gasteiger partial charge in [-0.3, -0.25) is 9.59 Å². The molecular weight excluding hydrogens is 354 g/mol. The SMILES string of the molecule is O=C1CCN(C(=O)CCNC(=O)N2CCCC3CCCCC32)C2CCCCC12. The lowest BCUT2D eigenvalue weighted by Gasteiger charge is -2.44. The number of ketones is 1. The van der Waals surface area contributed by atoms with Gasteiger partial charge >= 0.3 is 6.03 Å². The maximum atomic E-state index is 12.8. The molecule has 4 aliphatic rings. The molecule has 0 aromatic carbocycles. The maximum Gasteiger partial charge on any atom is 0.317 e. The van der Waals surface area contributed by atoms with E-state index in [2.05, 4.69) is 5.32 Å². The van der Waals surface area contributed by atoms with Crippen LogP contribution in [0.4, 0.5) is 4.79 Å². The van der Waals surface area contributed by atoms with Crippen molar-refractivity contribution in [3.05, 3.63) is 0 Å². The summed E-state index contributed by atoms with van der Waals surface area (Å²) in [6, 6.07) is 0.506. The van der Waals surface area contributed by atoms with Crippen molar-refractivity contribution in [2.24, 2.45) is 11.8 Å². The fraction of sp³-hybridized carbons (Fsp3) is 0.864. The van der Waals surface area contributed by atoms with Crippen LogP contribution in [0.3, 0.4) is 0 Å². The molecule has 4 fully saturated rings. The van der Waals surface area contributed by atoms with E-state index in [-0.39, 0.29) is 23.9 Å². The second kappa shape index (κ2) is 8.83. The van der Waals surface area contributed by atoms with Crippen molar-refractivity contribution >= 4 is 17.7 Å². The second-order valence-electron chi connectivity index (χ2n) is 9.19. The Balaban J connectivity index is 1.27. The molecule has 2 saturated heterocycles. The summed E-state index contributed by atoms with van der Waals surface area (Å²) < 4.78 is 0. The average molecular weight is 390 g/mol. The maximum absolute atomic E-state index is 12.8. The van der Waals surface area contributed by atoms with Gasteiger partial charge in [0.05, 0.1) is 0 Å². The fourth-order valence-electron chi connectivity index (χ4n) is 6.15. The predicted molar refractivity (Wildman–Crippen MR) is 107 cm³/mol. The van der Waals surface area contributed by atoms with E-state index < -0.39 is 0 Å². The van der Waals surface area contributed by atoms with Gasteiger partial charge in [0, 0.05) is 50.5 Å². The summed E-state index contributed by atoms with van der Waals surface area (Å²) >= 11 is 0. The molecule has 6 heteroatoms. The Morgan fingerprint density at radius 3 is 2.43 bits per heavy atom. The number of Topliss-reactive ketones (excluding diaryl/α,β-unsaturated/α-hetero) is 1. The molecule has 4 unspecified atom stereocenters. The van der Waals surface area contributed by atoms with Gasteiger partial charge in [0.1, 0.15) is 5.78 Å². The van der Waals surface area contributed by atoms with Crippen LogP contribution in [0.15, 0.2) is 0 Å². The summed E-state index contributed by atoms with van der Waals surface area (Å²) in [7, 11) is 0. The third-order valence-electron chi connectivity index (χ3n) is 7.58. The summed E-state index contributed by atoms with van der Waals surface area (Å²) in [5.74, 6) is 1.16. The number of nitrogens with zero attached hydrogens (tertiary/aromatic N) is 2. The number of carbonyl (C=O) groups is 3. The molecule has 0 bridgehead atoms. The number of piperidine rings is 2. The van der Waals surface area contributed by atoms with E-state index >= 15 is 0 Å². The van der Waals surface area contributed by atoms with E-state index in [1.165, 1.54) is 25.7 Å². The first-order valence-corrected chi connectivity index (χ1v) is 11.5. The standard InChI is InChI=1S/C22H35N3O3/c26-20-12-15-24(19-10-4-2-8-17(19)20)21(27)11-13-23-22(28)25-14-5-7-16-6-1-3-9-18(16)25/h16-19H,1-15H2,(H,23,28). The quantitative estimate of drug-likeness (QED) is 0.806. The van der Waals surface area contributed by atoms with Crippen LogP contribution in [0, 0.1) is 11.8 Å². The van der Waals surface area contributed by atoms with Crippen molar-refractivity contribution in [1.29, 1.82) is 0 Å². The minimum Gasteiger partial charge on any atom is -0.338 e. The lowest BCUT2D eigenvalue weighted by molar-refractivity contribution is -0.143. The zero-order valence-corrected chi connectivity index (χ0v) is 17.0. The molecule has 3 amide bonds. The summed E-state index contributed by atoms with van der Waals surface area (Å²) in [6.07, 6.45) is 12.2. The number of hydrogen-bond donors (Lipinski definition) is 1. The lowest BCUT2D eigenvalue weighted by atomic mass is 9.77. The first-order chi connectivity index (χ1) is 13.6. The number of amides is 3. The van der Waals surface area contributed by atoms with Crippen molar-refractivity contribution < 1.29 is 14.4 Å². The van der Waals surface area contributed by atoms with E-state index in [9.17, 15) is 14.4 Å². The van der Waals surface area contributed by atoms with Crippen LogP contribution in [0.25, 0.3) is 0 Å². The molecule has 4 rings (SSSR count). The number of rotatable bonds is 3. The highest BCUT2D eigenvalue weighted by molar-refractivity contribution is 5.86. The minimum atomic E-state index is 0.00812. The van der Waals surface area contributed by atoms with E-state index in [4.69, 9.17) is 0 Å². The molecule has 1 N–H and O–H groups in total. The number of urea groups is 1. The Bertz CT molecular complexity index is 606. The predicted octanol–water partition coefficient (Wildman–Crippen LogP) is 3.10. The molecule has 0 aromatic rings. The normalized spacial score (nSPS) is 33.1. The molecule has 0 aromatic heterocycles. The molecule has 6 nitrogen and oxygen atoms in total. The summed E-state index contributed by atoms with van der Waals surface area (Å²) in [4.78, 5) is 41.7. The number of fused-ring (bicyclic) bond motifs is 2. The van der Waals surface area contributed by atoms with Gasteiger partial charge in [0.15, 0.2) is 0 Å². The largest absolute Gasteiger partial charge is 0.338 e. The van der Waals surface area contributed by atoms with E-state index in [1.807, 2.05) is 9.80 Å².